The summed E-state index contributed by atoms with van der Waals surface area (Å²) in [5.41, 5.74) is 0.619. The number of aliphatic hydroxyl groups is 1. The number of amides is 1. The molecular weight excluding hydrogens is 266 g/mol. The molecule has 19 heavy (non-hydrogen) atoms. The third kappa shape index (κ3) is 3.49. The Hall–Kier alpha value is -1.04. The van der Waals surface area contributed by atoms with Gasteiger partial charge in [0.2, 0.25) is 0 Å². The van der Waals surface area contributed by atoms with Crippen LogP contribution in [-0.4, -0.2) is 64.2 Å². The maximum Gasteiger partial charge on any atom is 0.270 e. The molecule has 0 aliphatic carbocycles. The van der Waals surface area contributed by atoms with E-state index >= 15 is 0 Å². The summed E-state index contributed by atoms with van der Waals surface area (Å²) in [7, 11) is 1.82. The van der Waals surface area contributed by atoms with Gasteiger partial charge in [-0.1, -0.05) is 11.6 Å². The van der Waals surface area contributed by atoms with E-state index in [1.54, 1.807) is 23.8 Å². The highest BCUT2D eigenvalue weighted by Gasteiger charge is 2.24. The Kier molecular flexibility index (Phi) is 4.50. The predicted octanol–water partition coefficient (Wildman–Crippen LogP) is 0.817. The minimum atomic E-state index is -0.325. The van der Waals surface area contributed by atoms with Gasteiger partial charge in [-0.15, -0.1) is 0 Å². The Morgan fingerprint density at radius 2 is 2.05 bits per heavy atom. The summed E-state index contributed by atoms with van der Waals surface area (Å²) in [5.74, 6) is 0.0195. The second-order valence-electron chi connectivity index (χ2n) is 5.10. The number of rotatable bonds is 3. The summed E-state index contributed by atoms with van der Waals surface area (Å²) < 4.78 is 1.76. The zero-order valence-electron chi connectivity index (χ0n) is 11.3. The van der Waals surface area contributed by atoms with Crippen molar-refractivity contribution in [2.24, 2.45) is 7.05 Å². The number of β-amino-alcohol motifs (C(OH)–C–C–N with tert-alkyl or cyclic N) is 1. The summed E-state index contributed by atoms with van der Waals surface area (Å²) in [6.07, 6.45) is 1.41. The standard InChI is InChI=1S/C13H20ClN3O2/c1-10(18)8-16-3-5-17(6-4-16)13(19)12-7-11(14)9-15(12)2/h7,9-10,18H,3-6,8H2,1-2H3/t10-/m0/s1. The van der Waals surface area contributed by atoms with Gasteiger partial charge in [-0.3, -0.25) is 9.69 Å². The minimum Gasteiger partial charge on any atom is -0.392 e. The van der Waals surface area contributed by atoms with Crippen molar-refractivity contribution >= 4 is 17.5 Å². The maximum absolute atomic E-state index is 12.3. The molecule has 1 aromatic rings. The lowest BCUT2D eigenvalue weighted by molar-refractivity contribution is 0.0546. The molecule has 1 aliphatic heterocycles. The predicted molar refractivity (Wildman–Crippen MR) is 74.4 cm³/mol. The molecule has 0 radical (unpaired) electrons. The SMILES string of the molecule is C[C@H](O)CN1CCN(C(=O)c2cc(Cl)cn2C)CC1. The normalized spacial score (nSPS) is 18.6. The number of hydrogen-bond acceptors (Lipinski definition) is 3. The number of aliphatic hydroxyl groups excluding tert-OH is 1. The third-order valence-electron chi connectivity index (χ3n) is 3.37. The molecule has 6 heteroatoms. The van der Waals surface area contributed by atoms with Crippen LogP contribution in [-0.2, 0) is 7.05 Å². The number of carbonyl (C=O) groups is 1. The molecule has 1 atom stereocenters. The van der Waals surface area contributed by atoms with Crippen molar-refractivity contribution in [3.8, 4) is 0 Å². The number of carbonyl (C=O) groups excluding carboxylic acids is 1. The van der Waals surface area contributed by atoms with Crippen LogP contribution >= 0.6 is 11.6 Å². The van der Waals surface area contributed by atoms with Crippen LogP contribution in [0.2, 0.25) is 5.02 Å². The van der Waals surface area contributed by atoms with E-state index in [4.69, 9.17) is 11.6 Å². The first-order valence-electron chi connectivity index (χ1n) is 6.49. The maximum atomic E-state index is 12.3. The van der Waals surface area contributed by atoms with E-state index in [-0.39, 0.29) is 12.0 Å². The van der Waals surface area contributed by atoms with E-state index in [9.17, 15) is 9.90 Å². The molecule has 0 saturated carbocycles. The first-order chi connectivity index (χ1) is 8.97. The van der Waals surface area contributed by atoms with Crippen molar-refractivity contribution in [1.82, 2.24) is 14.4 Å². The molecule has 1 saturated heterocycles. The fraction of sp³-hybridized carbons (Fsp3) is 0.615. The lowest BCUT2D eigenvalue weighted by Crippen LogP contribution is -2.50. The number of hydrogen-bond donors (Lipinski definition) is 1. The summed E-state index contributed by atoms with van der Waals surface area (Å²) in [6.45, 7) is 5.42. The number of nitrogens with zero attached hydrogens (tertiary/aromatic N) is 3. The highest BCUT2D eigenvalue weighted by molar-refractivity contribution is 6.31. The van der Waals surface area contributed by atoms with E-state index in [0.29, 0.717) is 30.4 Å². The fourth-order valence-corrected chi connectivity index (χ4v) is 2.66. The van der Waals surface area contributed by atoms with E-state index in [2.05, 4.69) is 4.90 Å². The molecule has 0 aromatic carbocycles. The molecule has 1 N–H and O–H groups in total. The minimum absolute atomic E-state index is 0.0195. The zero-order valence-corrected chi connectivity index (χ0v) is 12.1. The molecule has 1 aromatic heterocycles. The summed E-state index contributed by atoms with van der Waals surface area (Å²) in [5, 5.41) is 9.94. The van der Waals surface area contributed by atoms with Gasteiger partial charge < -0.3 is 14.6 Å². The van der Waals surface area contributed by atoms with Crippen LogP contribution in [0.1, 0.15) is 17.4 Å². The molecule has 0 bridgehead atoms. The highest BCUT2D eigenvalue weighted by atomic mass is 35.5. The molecule has 1 fully saturated rings. The number of aryl methyl sites for hydroxylation is 1. The average Bonchev–Trinajstić information content (AvgIpc) is 2.68. The van der Waals surface area contributed by atoms with Crippen molar-refractivity contribution in [3.05, 3.63) is 23.0 Å². The van der Waals surface area contributed by atoms with E-state index in [0.717, 1.165) is 13.1 Å². The Morgan fingerprint density at radius 1 is 1.42 bits per heavy atom. The average molecular weight is 286 g/mol. The topological polar surface area (TPSA) is 48.7 Å². The summed E-state index contributed by atoms with van der Waals surface area (Å²) in [4.78, 5) is 16.4. The van der Waals surface area contributed by atoms with Gasteiger partial charge in [0.25, 0.3) is 5.91 Å². The van der Waals surface area contributed by atoms with Crippen LogP contribution in [0.3, 0.4) is 0 Å². The molecule has 5 nitrogen and oxygen atoms in total. The van der Waals surface area contributed by atoms with Gasteiger partial charge in [0.1, 0.15) is 5.69 Å². The van der Waals surface area contributed by atoms with Gasteiger partial charge in [-0.05, 0) is 13.0 Å². The molecule has 0 spiro atoms. The van der Waals surface area contributed by atoms with Crippen molar-refractivity contribution in [3.63, 3.8) is 0 Å². The Labute approximate surface area is 118 Å². The molecule has 106 valence electrons. The molecular formula is C13H20ClN3O2. The van der Waals surface area contributed by atoms with Gasteiger partial charge in [-0.25, -0.2) is 0 Å². The smallest absolute Gasteiger partial charge is 0.270 e. The van der Waals surface area contributed by atoms with Crippen molar-refractivity contribution in [1.29, 1.82) is 0 Å². The van der Waals surface area contributed by atoms with Crippen molar-refractivity contribution in [2.75, 3.05) is 32.7 Å². The zero-order chi connectivity index (χ0) is 14.0. The molecule has 2 heterocycles. The lowest BCUT2D eigenvalue weighted by Gasteiger charge is -2.35. The van der Waals surface area contributed by atoms with Crippen LogP contribution in [0.4, 0.5) is 0 Å². The lowest BCUT2D eigenvalue weighted by atomic mass is 10.2. The van der Waals surface area contributed by atoms with Crippen molar-refractivity contribution < 1.29 is 9.90 Å². The fourth-order valence-electron chi connectivity index (χ4n) is 2.41. The summed E-state index contributed by atoms with van der Waals surface area (Å²) in [6, 6.07) is 1.70. The second kappa shape index (κ2) is 5.94. The number of piperazine rings is 1. The van der Waals surface area contributed by atoms with E-state index < -0.39 is 0 Å². The van der Waals surface area contributed by atoms with Crippen molar-refractivity contribution in [2.45, 2.75) is 13.0 Å². The van der Waals surface area contributed by atoms with E-state index in [1.165, 1.54) is 0 Å². The van der Waals surface area contributed by atoms with Crippen LogP contribution in [0, 0.1) is 0 Å². The molecule has 1 amide bonds. The van der Waals surface area contributed by atoms with Gasteiger partial charge in [-0.2, -0.15) is 0 Å². The highest BCUT2D eigenvalue weighted by Crippen LogP contribution is 2.15. The number of halogens is 1. The van der Waals surface area contributed by atoms with Crippen LogP contribution in [0.15, 0.2) is 12.3 Å². The van der Waals surface area contributed by atoms with Crippen LogP contribution < -0.4 is 0 Å². The largest absolute Gasteiger partial charge is 0.392 e. The molecule has 1 aliphatic rings. The van der Waals surface area contributed by atoms with E-state index in [1.807, 2.05) is 11.9 Å². The quantitative estimate of drug-likeness (QED) is 0.894. The van der Waals surface area contributed by atoms with Gasteiger partial charge >= 0.3 is 0 Å². The van der Waals surface area contributed by atoms with Gasteiger partial charge in [0, 0.05) is 46.0 Å². The Morgan fingerprint density at radius 3 is 2.53 bits per heavy atom. The number of aromatic nitrogens is 1. The second-order valence-corrected chi connectivity index (χ2v) is 5.53. The first kappa shape index (κ1) is 14.4. The molecule has 2 rings (SSSR count). The molecule has 0 unspecified atom stereocenters. The Balaban J connectivity index is 1.94. The summed E-state index contributed by atoms with van der Waals surface area (Å²) >= 11 is 5.90. The van der Waals surface area contributed by atoms with Gasteiger partial charge in [0.15, 0.2) is 0 Å². The first-order valence-corrected chi connectivity index (χ1v) is 6.86. The third-order valence-corrected chi connectivity index (χ3v) is 3.58. The Bertz CT molecular complexity index is 451. The van der Waals surface area contributed by atoms with Gasteiger partial charge in [0.05, 0.1) is 11.1 Å². The van der Waals surface area contributed by atoms with Crippen LogP contribution in [0.25, 0.3) is 0 Å². The monoisotopic (exact) mass is 285 g/mol. The van der Waals surface area contributed by atoms with Crippen LogP contribution in [0.5, 0.6) is 0 Å².